The van der Waals surface area contributed by atoms with Gasteiger partial charge in [0.2, 0.25) is 0 Å². The summed E-state index contributed by atoms with van der Waals surface area (Å²) < 4.78 is 0. The minimum Gasteiger partial charge on any atom is -0.361 e. The molecule has 2 aromatic rings. The van der Waals surface area contributed by atoms with Gasteiger partial charge in [0, 0.05) is 22.7 Å². The van der Waals surface area contributed by atoms with Gasteiger partial charge in [0.25, 0.3) is 0 Å². The molecule has 0 unspecified atom stereocenters. The molecule has 1 aromatic carbocycles. The van der Waals surface area contributed by atoms with E-state index in [-0.39, 0.29) is 0 Å². The maximum absolute atomic E-state index is 10.5. The van der Waals surface area contributed by atoms with Crippen molar-refractivity contribution in [3.63, 3.8) is 0 Å². The SMILES string of the molecule is CN(Cc1c[nH]c2ccccc12)[N+](=O)[O-]. The third-order valence-electron chi connectivity index (χ3n) is 2.35. The van der Waals surface area contributed by atoms with Gasteiger partial charge in [0.15, 0.2) is 5.03 Å². The number of aromatic nitrogens is 1. The van der Waals surface area contributed by atoms with Gasteiger partial charge in [-0.3, -0.25) is 0 Å². The lowest BCUT2D eigenvalue weighted by Crippen LogP contribution is -2.24. The predicted molar refractivity (Wildman–Crippen MR) is 56.8 cm³/mol. The van der Waals surface area contributed by atoms with Gasteiger partial charge < -0.3 is 4.98 Å². The fourth-order valence-corrected chi connectivity index (χ4v) is 1.57. The van der Waals surface area contributed by atoms with Gasteiger partial charge in [-0.2, -0.15) is 0 Å². The van der Waals surface area contributed by atoms with E-state index in [9.17, 15) is 10.1 Å². The van der Waals surface area contributed by atoms with Crippen molar-refractivity contribution in [3.05, 3.63) is 46.1 Å². The molecule has 0 radical (unpaired) electrons. The van der Waals surface area contributed by atoms with Crippen molar-refractivity contribution in [1.82, 2.24) is 9.99 Å². The molecule has 2 rings (SSSR count). The first-order valence-corrected chi connectivity index (χ1v) is 4.59. The van der Waals surface area contributed by atoms with E-state index in [1.807, 2.05) is 30.5 Å². The molecule has 0 saturated carbocycles. The molecule has 0 aliphatic heterocycles. The van der Waals surface area contributed by atoms with E-state index >= 15 is 0 Å². The van der Waals surface area contributed by atoms with Crippen LogP contribution in [0.2, 0.25) is 0 Å². The molecule has 15 heavy (non-hydrogen) atoms. The van der Waals surface area contributed by atoms with Gasteiger partial charge in [-0.15, -0.1) is 5.01 Å². The van der Waals surface area contributed by atoms with Gasteiger partial charge in [-0.05, 0) is 6.07 Å². The Bertz CT molecular complexity index is 492. The van der Waals surface area contributed by atoms with E-state index in [1.165, 1.54) is 7.05 Å². The Balaban J connectivity index is 2.32. The highest BCUT2D eigenvalue weighted by Gasteiger charge is 2.11. The summed E-state index contributed by atoms with van der Waals surface area (Å²) in [5.41, 5.74) is 1.94. The Morgan fingerprint density at radius 3 is 2.93 bits per heavy atom. The fraction of sp³-hybridized carbons (Fsp3) is 0.200. The number of nitrogens with one attached hydrogen (secondary N) is 1. The molecule has 0 fully saturated rings. The Labute approximate surface area is 86.4 Å². The van der Waals surface area contributed by atoms with Crippen LogP contribution in [0, 0.1) is 10.1 Å². The highest BCUT2D eigenvalue weighted by Crippen LogP contribution is 2.18. The van der Waals surface area contributed by atoms with Gasteiger partial charge in [-0.25, -0.2) is 10.1 Å². The summed E-state index contributed by atoms with van der Waals surface area (Å²) in [5, 5.41) is 12.2. The summed E-state index contributed by atoms with van der Waals surface area (Å²) in [6, 6.07) is 7.76. The maximum Gasteiger partial charge on any atom is 0.160 e. The predicted octanol–water partition coefficient (Wildman–Crippen LogP) is 1.79. The van der Waals surface area contributed by atoms with Gasteiger partial charge in [0.1, 0.15) is 6.54 Å². The first-order chi connectivity index (χ1) is 7.18. The van der Waals surface area contributed by atoms with E-state index < -0.39 is 5.03 Å². The lowest BCUT2D eigenvalue weighted by molar-refractivity contribution is -0.652. The Hall–Kier alpha value is -2.04. The van der Waals surface area contributed by atoms with E-state index in [2.05, 4.69) is 4.98 Å². The molecular formula is C10H11N3O2. The summed E-state index contributed by atoms with van der Waals surface area (Å²) in [5.74, 6) is 0. The first kappa shape index (κ1) is 9.51. The van der Waals surface area contributed by atoms with Crippen molar-refractivity contribution < 1.29 is 5.03 Å². The van der Waals surface area contributed by atoms with Crippen LogP contribution in [0.4, 0.5) is 0 Å². The zero-order valence-corrected chi connectivity index (χ0v) is 8.30. The molecule has 5 nitrogen and oxygen atoms in total. The topological polar surface area (TPSA) is 62.2 Å². The number of hydrazine groups is 1. The molecule has 0 spiro atoms. The van der Waals surface area contributed by atoms with Crippen LogP contribution in [0.25, 0.3) is 10.9 Å². The molecule has 0 saturated heterocycles. The maximum atomic E-state index is 10.5. The van der Waals surface area contributed by atoms with Crippen molar-refractivity contribution in [2.24, 2.45) is 0 Å². The van der Waals surface area contributed by atoms with E-state index in [0.29, 0.717) is 6.54 Å². The van der Waals surface area contributed by atoms with E-state index in [0.717, 1.165) is 21.5 Å². The molecule has 1 N–H and O–H groups in total. The zero-order valence-electron chi connectivity index (χ0n) is 8.30. The smallest absolute Gasteiger partial charge is 0.160 e. The lowest BCUT2D eigenvalue weighted by Gasteiger charge is -2.06. The van der Waals surface area contributed by atoms with Gasteiger partial charge in [0.05, 0.1) is 7.05 Å². The third kappa shape index (κ3) is 1.76. The number of para-hydroxylation sites is 1. The largest absolute Gasteiger partial charge is 0.361 e. The lowest BCUT2D eigenvalue weighted by atomic mass is 10.2. The normalized spacial score (nSPS) is 10.5. The second-order valence-corrected chi connectivity index (χ2v) is 3.41. The van der Waals surface area contributed by atoms with Crippen LogP contribution in [0.1, 0.15) is 5.56 Å². The van der Waals surface area contributed by atoms with E-state index in [4.69, 9.17) is 0 Å². The second-order valence-electron chi connectivity index (χ2n) is 3.41. The molecule has 78 valence electrons. The number of nitrogens with zero attached hydrogens (tertiary/aromatic N) is 2. The van der Waals surface area contributed by atoms with Crippen LogP contribution in [-0.4, -0.2) is 22.1 Å². The van der Waals surface area contributed by atoms with Crippen LogP contribution >= 0.6 is 0 Å². The number of benzene rings is 1. The average Bonchev–Trinajstić information content (AvgIpc) is 2.62. The van der Waals surface area contributed by atoms with Crippen molar-refractivity contribution in [1.29, 1.82) is 0 Å². The Kier molecular flexibility index (Phi) is 2.29. The Morgan fingerprint density at radius 2 is 2.20 bits per heavy atom. The highest BCUT2D eigenvalue weighted by atomic mass is 16.7. The van der Waals surface area contributed by atoms with Crippen LogP contribution in [0.5, 0.6) is 0 Å². The molecule has 0 bridgehead atoms. The van der Waals surface area contributed by atoms with Crippen LogP contribution in [0.3, 0.4) is 0 Å². The van der Waals surface area contributed by atoms with Crippen molar-refractivity contribution in [2.45, 2.75) is 6.54 Å². The molecule has 0 amide bonds. The van der Waals surface area contributed by atoms with Crippen molar-refractivity contribution >= 4 is 10.9 Å². The zero-order chi connectivity index (χ0) is 10.8. The average molecular weight is 205 g/mol. The van der Waals surface area contributed by atoms with Crippen molar-refractivity contribution in [2.75, 3.05) is 7.05 Å². The number of aromatic amines is 1. The van der Waals surface area contributed by atoms with Crippen LogP contribution < -0.4 is 0 Å². The number of nitro groups is 1. The molecule has 1 heterocycles. The fourth-order valence-electron chi connectivity index (χ4n) is 1.57. The molecule has 0 aliphatic carbocycles. The van der Waals surface area contributed by atoms with Crippen LogP contribution in [-0.2, 0) is 6.54 Å². The minimum absolute atomic E-state index is 0.303. The third-order valence-corrected chi connectivity index (χ3v) is 2.35. The monoisotopic (exact) mass is 205 g/mol. The van der Waals surface area contributed by atoms with E-state index in [1.54, 1.807) is 0 Å². The quantitative estimate of drug-likeness (QED) is 0.613. The number of hydrogen-bond acceptors (Lipinski definition) is 2. The Morgan fingerprint density at radius 1 is 1.47 bits per heavy atom. The molecule has 1 aromatic heterocycles. The summed E-state index contributed by atoms with van der Waals surface area (Å²) in [6.07, 6.45) is 1.81. The molecular weight excluding hydrogens is 194 g/mol. The summed E-state index contributed by atoms with van der Waals surface area (Å²) in [4.78, 5) is 13.6. The number of fused-ring (bicyclic) bond motifs is 1. The molecule has 0 aliphatic rings. The standard InChI is InChI=1S/C10H11N3O2/c1-12(13(14)15)7-8-6-11-10-5-3-2-4-9(8)10/h2-6,11H,7H2,1H3. The first-order valence-electron chi connectivity index (χ1n) is 4.59. The summed E-state index contributed by atoms with van der Waals surface area (Å²) >= 11 is 0. The highest BCUT2D eigenvalue weighted by molar-refractivity contribution is 5.82. The minimum atomic E-state index is -0.415. The number of H-pyrrole nitrogens is 1. The molecule has 5 heteroatoms. The van der Waals surface area contributed by atoms with Gasteiger partial charge in [-0.1, -0.05) is 18.2 Å². The number of rotatable bonds is 3. The summed E-state index contributed by atoms with van der Waals surface area (Å²) in [7, 11) is 1.46. The van der Waals surface area contributed by atoms with Gasteiger partial charge >= 0.3 is 0 Å². The molecule has 0 atom stereocenters. The van der Waals surface area contributed by atoms with Crippen LogP contribution in [0.15, 0.2) is 30.5 Å². The number of hydrogen-bond donors (Lipinski definition) is 1. The van der Waals surface area contributed by atoms with Crippen molar-refractivity contribution in [3.8, 4) is 0 Å². The summed E-state index contributed by atoms with van der Waals surface area (Å²) in [6.45, 7) is 0.303. The second kappa shape index (κ2) is 3.61.